The van der Waals surface area contributed by atoms with E-state index in [-0.39, 0.29) is 5.56 Å². The maximum atomic E-state index is 11.9. The number of esters is 1. The van der Waals surface area contributed by atoms with Crippen molar-refractivity contribution in [3.8, 4) is 0 Å². The average molecular weight is 269 g/mol. The SMILES string of the molecule is Cc1ccncc1C(=O)OC1O[C@H](CO)[C@@H](O)[C@H]1O. The fourth-order valence-electron chi connectivity index (χ4n) is 1.81. The van der Waals surface area contributed by atoms with E-state index < -0.39 is 37.2 Å². The van der Waals surface area contributed by atoms with E-state index in [1.807, 2.05) is 0 Å². The average Bonchev–Trinajstić information content (AvgIpc) is 2.67. The Balaban J connectivity index is 2.06. The molecule has 7 heteroatoms. The van der Waals surface area contributed by atoms with E-state index in [2.05, 4.69) is 4.98 Å². The Hall–Kier alpha value is -1.54. The van der Waals surface area contributed by atoms with Crippen LogP contribution in [0.15, 0.2) is 18.5 Å². The summed E-state index contributed by atoms with van der Waals surface area (Å²) < 4.78 is 10.0. The standard InChI is InChI=1S/C12H15NO6/c1-6-2-3-13-4-7(6)11(17)19-12-10(16)9(15)8(5-14)18-12/h2-4,8-10,12,14-16H,5H2,1H3/t8-,9-,10-,12?/m1/s1. The maximum absolute atomic E-state index is 11.9. The lowest BCUT2D eigenvalue weighted by atomic mass is 10.1. The second-order valence-corrected chi connectivity index (χ2v) is 4.30. The van der Waals surface area contributed by atoms with Gasteiger partial charge in [-0.25, -0.2) is 4.79 Å². The molecule has 1 unspecified atom stereocenters. The van der Waals surface area contributed by atoms with E-state index in [0.717, 1.165) is 0 Å². The molecule has 1 aliphatic heterocycles. The van der Waals surface area contributed by atoms with Gasteiger partial charge in [-0.05, 0) is 18.6 Å². The second-order valence-electron chi connectivity index (χ2n) is 4.30. The van der Waals surface area contributed by atoms with Gasteiger partial charge in [-0.2, -0.15) is 0 Å². The first-order chi connectivity index (χ1) is 9.04. The smallest absolute Gasteiger partial charge is 0.342 e. The molecule has 7 nitrogen and oxygen atoms in total. The Bertz CT molecular complexity index is 465. The topological polar surface area (TPSA) is 109 Å². The van der Waals surface area contributed by atoms with Crippen LogP contribution in [0.2, 0.25) is 0 Å². The van der Waals surface area contributed by atoms with E-state index in [1.54, 1.807) is 19.2 Å². The highest BCUT2D eigenvalue weighted by atomic mass is 16.7. The third kappa shape index (κ3) is 2.74. The maximum Gasteiger partial charge on any atom is 0.342 e. The summed E-state index contributed by atoms with van der Waals surface area (Å²) in [6.07, 6.45) is -2.07. The number of carbonyl (C=O) groups excluding carboxylic acids is 1. The van der Waals surface area contributed by atoms with Gasteiger partial charge in [0.2, 0.25) is 6.29 Å². The summed E-state index contributed by atoms with van der Waals surface area (Å²) in [4.78, 5) is 15.7. The van der Waals surface area contributed by atoms with E-state index in [9.17, 15) is 15.0 Å². The van der Waals surface area contributed by atoms with Crippen LogP contribution in [0.5, 0.6) is 0 Å². The number of carbonyl (C=O) groups is 1. The molecule has 1 saturated heterocycles. The number of hydrogen-bond acceptors (Lipinski definition) is 7. The molecule has 0 amide bonds. The molecule has 19 heavy (non-hydrogen) atoms. The number of aryl methyl sites for hydroxylation is 1. The summed E-state index contributed by atoms with van der Waals surface area (Å²) in [6, 6.07) is 1.65. The van der Waals surface area contributed by atoms with Gasteiger partial charge >= 0.3 is 5.97 Å². The first-order valence-corrected chi connectivity index (χ1v) is 5.78. The number of aromatic nitrogens is 1. The fraction of sp³-hybridized carbons (Fsp3) is 0.500. The van der Waals surface area contributed by atoms with E-state index in [1.165, 1.54) is 6.20 Å². The zero-order valence-corrected chi connectivity index (χ0v) is 10.3. The predicted molar refractivity (Wildman–Crippen MR) is 62.1 cm³/mol. The van der Waals surface area contributed by atoms with Crippen molar-refractivity contribution in [1.29, 1.82) is 0 Å². The summed E-state index contributed by atoms with van der Waals surface area (Å²) in [5.41, 5.74) is 0.923. The number of ether oxygens (including phenoxy) is 2. The zero-order valence-electron chi connectivity index (χ0n) is 10.3. The van der Waals surface area contributed by atoms with Crippen molar-refractivity contribution in [2.45, 2.75) is 31.5 Å². The minimum Gasteiger partial charge on any atom is -0.429 e. The molecule has 0 aliphatic carbocycles. The summed E-state index contributed by atoms with van der Waals surface area (Å²) in [7, 11) is 0. The van der Waals surface area contributed by atoms with Crippen molar-refractivity contribution in [2.24, 2.45) is 0 Å². The van der Waals surface area contributed by atoms with Gasteiger partial charge in [-0.15, -0.1) is 0 Å². The third-order valence-corrected chi connectivity index (χ3v) is 2.98. The van der Waals surface area contributed by atoms with Crippen molar-refractivity contribution in [1.82, 2.24) is 4.98 Å². The monoisotopic (exact) mass is 269 g/mol. The molecule has 0 bridgehead atoms. The van der Waals surface area contributed by atoms with Crippen LogP contribution in [-0.2, 0) is 9.47 Å². The summed E-state index contributed by atoms with van der Waals surface area (Å²) >= 11 is 0. The van der Waals surface area contributed by atoms with Crippen LogP contribution >= 0.6 is 0 Å². The molecule has 0 saturated carbocycles. The zero-order chi connectivity index (χ0) is 14.0. The lowest BCUT2D eigenvalue weighted by Crippen LogP contribution is -2.35. The normalized spacial score (nSPS) is 30.3. The third-order valence-electron chi connectivity index (χ3n) is 2.98. The number of pyridine rings is 1. The van der Waals surface area contributed by atoms with Gasteiger partial charge in [0, 0.05) is 12.4 Å². The van der Waals surface area contributed by atoms with Gasteiger partial charge in [0.05, 0.1) is 12.2 Å². The van der Waals surface area contributed by atoms with Crippen molar-refractivity contribution < 1.29 is 29.6 Å². The molecule has 1 fully saturated rings. The number of rotatable bonds is 3. The largest absolute Gasteiger partial charge is 0.429 e. The Morgan fingerprint density at radius 1 is 1.47 bits per heavy atom. The molecule has 1 aromatic heterocycles. The Morgan fingerprint density at radius 2 is 2.21 bits per heavy atom. The van der Waals surface area contributed by atoms with E-state index in [0.29, 0.717) is 5.56 Å². The van der Waals surface area contributed by atoms with Gasteiger partial charge < -0.3 is 24.8 Å². The Morgan fingerprint density at radius 3 is 2.79 bits per heavy atom. The first-order valence-electron chi connectivity index (χ1n) is 5.78. The molecule has 1 aliphatic rings. The van der Waals surface area contributed by atoms with Crippen LogP contribution in [0.25, 0.3) is 0 Å². The minimum atomic E-state index is -1.39. The van der Waals surface area contributed by atoms with Gasteiger partial charge in [-0.1, -0.05) is 0 Å². The van der Waals surface area contributed by atoms with Crippen molar-refractivity contribution >= 4 is 5.97 Å². The molecule has 2 heterocycles. The van der Waals surface area contributed by atoms with Crippen molar-refractivity contribution in [2.75, 3.05) is 6.61 Å². The van der Waals surface area contributed by atoms with Crippen LogP contribution in [0.1, 0.15) is 15.9 Å². The molecule has 2 rings (SSSR count). The molecular weight excluding hydrogens is 254 g/mol. The molecule has 4 atom stereocenters. The lowest BCUT2D eigenvalue weighted by Gasteiger charge is -2.15. The van der Waals surface area contributed by atoms with Gasteiger partial charge in [-0.3, -0.25) is 4.98 Å². The molecular formula is C12H15NO6. The van der Waals surface area contributed by atoms with E-state index >= 15 is 0 Å². The van der Waals surface area contributed by atoms with E-state index in [4.69, 9.17) is 14.6 Å². The molecule has 0 spiro atoms. The first kappa shape index (κ1) is 13.9. The number of hydrogen-bond donors (Lipinski definition) is 3. The van der Waals surface area contributed by atoms with Crippen LogP contribution in [-0.4, -0.2) is 57.5 Å². The Labute approximate surface area is 109 Å². The summed E-state index contributed by atoms with van der Waals surface area (Å²) in [6.45, 7) is 1.24. The molecule has 0 radical (unpaired) electrons. The summed E-state index contributed by atoms with van der Waals surface area (Å²) in [5.74, 6) is -0.708. The van der Waals surface area contributed by atoms with Crippen LogP contribution < -0.4 is 0 Å². The van der Waals surface area contributed by atoms with Crippen LogP contribution in [0.4, 0.5) is 0 Å². The quantitative estimate of drug-likeness (QED) is 0.603. The molecule has 104 valence electrons. The van der Waals surface area contributed by atoms with Crippen molar-refractivity contribution in [3.05, 3.63) is 29.6 Å². The van der Waals surface area contributed by atoms with Gasteiger partial charge in [0.15, 0.2) is 0 Å². The highest BCUT2D eigenvalue weighted by Crippen LogP contribution is 2.23. The highest BCUT2D eigenvalue weighted by Gasteiger charge is 2.44. The Kier molecular flexibility index (Phi) is 4.11. The molecule has 3 N–H and O–H groups in total. The number of aliphatic hydroxyl groups is 3. The molecule has 0 aromatic carbocycles. The van der Waals surface area contributed by atoms with Crippen molar-refractivity contribution in [3.63, 3.8) is 0 Å². The lowest BCUT2D eigenvalue weighted by molar-refractivity contribution is -0.139. The predicted octanol–water partition coefficient (Wildman–Crippen LogP) is -1.01. The van der Waals surface area contributed by atoms with Crippen LogP contribution in [0, 0.1) is 6.92 Å². The second kappa shape index (κ2) is 5.62. The minimum absolute atomic E-state index is 0.250. The molecule has 1 aromatic rings. The summed E-state index contributed by atoms with van der Waals surface area (Å²) in [5, 5.41) is 28.1. The number of aliphatic hydroxyl groups excluding tert-OH is 3. The highest BCUT2D eigenvalue weighted by molar-refractivity contribution is 5.90. The van der Waals surface area contributed by atoms with Gasteiger partial charge in [0.1, 0.15) is 18.3 Å². The number of nitrogens with zero attached hydrogens (tertiary/aromatic N) is 1. The fourth-order valence-corrected chi connectivity index (χ4v) is 1.81. The van der Waals surface area contributed by atoms with Gasteiger partial charge in [0.25, 0.3) is 0 Å². The van der Waals surface area contributed by atoms with Crippen LogP contribution in [0.3, 0.4) is 0 Å².